The maximum atomic E-state index is 11.0. The third-order valence-electron chi connectivity index (χ3n) is 4.03. The van der Waals surface area contributed by atoms with E-state index < -0.39 is 15.9 Å². The Hall–Kier alpha value is -0.170. The predicted octanol–water partition coefficient (Wildman–Crippen LogP) is 1.92. The summed E-state index contributed by atoms with van der Waals surface area (Å²) >= 11 is 0. The van der Waals surface area contributed by atoms with Crippen LogP contribution >= 0.6 is 0 Å². The van der Waals surface area contributed by atoms with Crippen LogP contribution in [-0.4, -0.2) is 39.8 Å². The minimum Gasteiger partial charge on any atom is -0.347 e. The zero-order chi connectivity index (χ0) is 14.1. The Morgan fingerprint density at radius 2 is 2.16 bits per heavy atom. The van der Waals surface area contributed by atoms with E-state index in [1.165, 1.54) is 6.42 Å². The Balaban J connectivity index is 1.89. The second kappa shape index (κ2) is 5.68. The lowest BCUT2D eigenvalue weighted by atomic mass is 9.78. The first-order chi connectivity index (χ1) is 8.80. The second-order valence-electron chi connectivity index (χ2n) is 6.05. The van der Waals surface area contributed by atoms with Crippen molar-refractivity contribution in [2.45, 2.75) is 51.4 Å². The lowest BCUT2D eigenvalue weighted by molar-refractivity contribution is -0.201. The highest BCUT2D eigenvalue weighted by Gasteiger charge is 2.45. The largest absolute Gasteiger partial charge is 0.347 e. The van der Waals surface area contributed by atoms with Crippen molar-refractivity contribution in [3.05, 3.63) is 0 Å². The Labute approximate surface area is 115 Å². The monoisotopic (exact) mass is 292 g/mol. The van der Waals surface area contributed by atoms with Crippen LogP contribution in [0.5, 0.6) is 0 Å². The predicted molar refractivity (Wildman–Crippen MR) is 71.1 cm³/mol. The molecule has 112 valence electrons. The maximum Gasteiger partial charge on any atom is 0.264 e. The van der Waals surface area contributed by atoms with Crippen molar-refractivity contribution in [3.8, 4) is 0 Å². The average Bonchev–Trinajstić information content (AvgIpc) is 2.69. The fourth-order valence-electron chi connectivity index (χ4n) is 2.94. The summed E-state index contributed by atoms with van der Waals surface area (Å²) in [6.07, 6.45) is 4.89. The summed E-state index contributed by atoms with van der Waals surface area (Å²) in [5, 5.41) is 0. The smallest absolute Gasteiger partial charge is 0.264 e. The van der Waals surface area contributed by atoms with Crippen molar-refractivity contribution in [2.75, 3.05) is 19.5 Å². The quantitative estimate of drug-likeness (QED) is 0.741. The van der Waals surface area contributed by atoms with Gasteiger partial charge in [0.15, 0.2) is 5.79 Å². The van der Waals surface area contributed by atoms with Gasteiger partial charge in [0.2, 0.25) is 0 Å². The summed E-state index contributed by atoms with van der Waals surface area (Å²) in [5.41, 5.74) is 0. The molecule has 5 nitrogen and oxygen atoms in total. The van der Waals surface area contributed by atoms with Crippen LogP contribution in [0.4, 0.5) is 0 Å². The van der Waals surface area contributed by atoms with Crippen LogP contribution in [0.25, 0.3) is 0 Å². The Morgan fingerprint density at radius 3 is 2.79 bits per heavy atom. The van der Waals surface area contributed by atoms with Gasteiger partial charge in [0.05, 0.1) is 19.5 Å². The van der Waals surface area contributed by atoms with Crippen LogP contribution < -0.4 is 0 Å². The zero-order valence-corrected chi connectivity index (χ0v) is 12.7. The van der Waals surface area contributed by atoms with E-state index in [4.69, 9.17) is 13.7 Å². The molecule has 2 aliphatic rings. The highest BCUT2D eigenvalue weighted by Crippen LogP contribution is 2.42. The molecule has 1 saturated heterocycles. The standard InChI is InChI=1S/C13H24O5S/c1-10(2)11-5-4-6-13(7-11)16-8-12(18-13)9-17-19(3,14)15/h10-12H,4-9H2,1-3H3. The Morgan fingerprint density at radius 1 is 1.42 bits per heavy atom. The highest BCUT2D eigenvalue weighted by molar-refractivity contribution is 7.85. The van der Waals surface area contributed by atoms with Gasteiger partial charge >= 0.3 is 0 Å². The molecule has 1 aliphatic carbocycles. The van der Waals surface area contributed by atoms with Crippen LogP contribution in [0.1, 0.15) is 39.5 Å². The SMILES string of the molecule is CC(C)C1CCCC2(C1)OCC(COS(C)(=O)=O)O2. The van der Waals surface area contributed by atoms with Crippen LogP contribution in [0, 0.1) is 11.8 Å². The molecular weight excluding hydrogens is 268 g/mol. The molecule has 1 spiro atoms. The number of hydrogen-bond acceptors (Lipinski definition) is 5. The minimum atomic E-state index is -3.41. The molecule has 1 saturated carbocycles. The fourth-order valence-corrected chi connectivity index (χ4v) is 3.34. The molecule has 0 amide bonds. The van der Waals surface area contributed by atoms with Crippen molar-refractivity contribution < 1.29 is 22.1 Å². The molecular formula is C13H24O5S. The van der Waals surface area contributed by atoms with E-state index in [9.17, 15) is 8.42 Å². The normalized spacial score (nSPS) is 36.2. The van der Waals surface area contributed by atoms with Crippen molar-refractivity contribution in [3.63, 3.8) is 0 Å². The van der Waals surface area contributed by atoms with Gasteiger partial charge in [0.25, 0.3) is 10.1 Å². The van der Waals surface area contributed by atoms with E-state index in [0.29, 0.717) is 18.4 Å². The topological polar surface area (TPSA) is 61.8 Å². The fraction of sp³-hybridized carbons (Fsp3) is 1.00. The van der Waals surface area contributed by atoms with E-state index in [2.05, 4.69) is 13.8 Å². The minimum absolute atomic E-state index is 0.0485. The van der Waals surface area contributed by atoms with Gasteiger partial charge < -0.3 is 9.47 Å². The van der Waals surface area contributed by atoms with Crippen LogP contribution in [-0.2, 0) is 23.8 Å². The Bertz CT molecular complexity index is 405. The van der Waals surface area contributed by atoms with Crippen LogP contribution in [0.3, 0.4) is 0 Å². The molecule has 2 rings (SSSR count). The molecule has 0 aromatic carbocycles. The molecule has 0 N–H and O–H groups in total. The number of hydrogen-bond donors (Lipinski definition) is 0. The van der Waals surface area contributed by atoms with Crippen molar-refractivity contribution in [2.24, 2.45) is 11.8 Å². The zero-order valence-electron chi connectivity index (χ0n) is 11.9. The van der Waals surface area contributed by atoms with Gasteiger partial charge in [-0.05, 0) is 24.7 Å². The highest BCUT2D eigenvalue weighted by atomic mass is 32.2. The van der Waals surface area contributed by atoms with Gasteiger partial charge in [-0.2, -0.15) is 8.42 Å². The Kier molecular flexibility index (Phi) is 4.55. The van der Waals surface area contributed by atoms with Crippen molar-refractivity contribution in [1.29, 1.82) is 0 Å². The molecule has 3 unspecified atom stereocenters. The lowest BCUT2D eigenvalue weighted by Crippen LogP contribution is -2.38. The average molecular weight is 292 g/mol. The molecule has 1 aliphatic heterocycles. The number of ether oxygens (including phenoxy) is 2. The summed E-state index contributed by atoms with van der Waals surface area (Å²) in [7, 11) is -3.41. The van der Waals surface area contributed by atoms with E-state index in [1.54, 1.807) is 0 Å². The molecule has 0 radical (unpaired) electrons. The summed E-state index contributed by atoms with van der Waals surface area (Å²) < 4.78 is 38.5. The maximum absolute atomic E-state index is 11.0. The van der Waals surface area contributed by atoms with Crippen LogP contribution in [0.15, 0.2) is 0 Å². The van der Waals surface area contributed by atoms with Crippen molar-refractivity contribution >= 4 is 10.1 Å². The first-order valence-corrected chi connectivity index (χ1v) is 8.77. The van der Waals surface area contributed by atoms with E-state index in [1.807, 2.05) is 0 Å². The molecule has 19 heavy (non-hydrogen) atoms. The first kappa shape index (κ1) is 15.2. The summed E-state index contributed by atoms with van der Waals surface area (Å²) in [5.74, 6) is 0.734. The molecule has 3 atom stereocenters. The van der Waals surface area contributed by atoms with E-state index in [-0.39, 0.29) is 12.7 Å². The van der Waals surface area contributed by atoms with E-state index >= 15 is 0 Å². The third-order valence-corrected chi connectivity index (χ3v) is 4.59. The lowest BCUT2D eigenvalue weighted by Gasteiger charge is -2.38. The molecule has 0 aromatic heterocycles. The van der Waals surface area contributed by atoms with Gasteiger partial charge in [-0.1, -0.05) is 13.8 Å². The van der Waals surface area contributed by atoms with E-state index in [0.717, 1.165) is 25.5 Å². The second-order valence-corrected chi connectivity index (χ2v) is 7.69. The van der Waals surface area contributed by atoms with Crippen LogP contribution in [0.2, 0.25) is 0 Å². The third kappa shape index (κ3) is 4.15. The number of rotatable bonds is 4. The summed E-state index contributed by atoms with van der Waals surface area (Å²) in [6, 6.07) is 0. The van der Waals surface area contributed by atoms with Gasteiger partial charge in [0, 0.05) is 12.8 Å². The van der Waals surface area contributed by atoms with Gasteiger partial charge in [-0.3, -0.25) is 4.18 Å². The molecule has 1 heterocycles. The molecule has 2 fully saturated rings. The summed E-state index contributed by atoms with van der Waals surface area (Å²) in [4.78, 5) is 0. The summed E-state index contributed by atoms with van der Waals surface area (Å²) in [6.45, 7) is 4.92. The van der Waals surface area contributed by atoms with Gasteiger partial charge in [0.1, 0.15) is 6.10 Å². The molecule has 0 aromatic rings. The van der Waals surface area contributed by atoms with Crippen molar-refractivity contribution in [1.82, 2.24) is 0 Å². The van der Waals surface area contributed by atoms with Gasteiger partial charge in [-0.25, -0.2) is 0 Å². The first-order valence-electron chi connectivity index (χ1n) is 6.96. The molecule has 0 bridgehead atoms. The molecule has 6 heteroatoms. The van der Waals surface area contributed by atoms with Gasteiger partial charge in [-0.15, -0.1) is 0 Å².